The van der Waals surface area contributed by atoms with Gasteiger partial charge in [-0.25, -0.2) is 9.69 Å². The van der Waals surface area contributed by atoms with E-state index in [0.717, 1.165) is 39.9 Å². The van der Waals surface area contributed by atoms with Crippen molar-refractivity contribution in [3.63, 3.8) is 0 Å². The Labute approximate surface area is 180 Å². The molecule has 150 valence electrons. The molecule has 1 saturated carbocycles. The molecule has 1 fully saturated rings. The highest BCUT2D eigenvalue weighted by molar-refractivity contribution is 7.99. The third-order valence-electron chi connectivity index (χ3n) is 5.30. The Balaban J connectivity index is 1.32. The summed E-state index contributed by atoms with van der Waals surface area (Å²) in [5.74, 6) is 0.261. The summed E-state index contributed by atoms with van der Waals surface area (Å²) in [7, 11) is 0. The number of tetrazole rings is 1. The van der Waals surface area contributed by atoms with Gasteiger partial charge in [-0.3, -0.25) is 4.79 Å². The van der Waals surface area contributed by atoms with Crippen molar-refractivity contribution in [3.8, 4) is 0 Å². The monoisotopic (exact) mass is 444 g/mol. The van der Waals surface area contributed by atoms with E-state index < -0.39 is 0 Å². The van der Waals surface area contributed by atoms with E-state index in [1.807, 2.05) is 27.6 Å². The largest absolute Gasteiger partial charge is 0.272 e. The Hall–Kier alpha value is -2.04. The number of hydrogen-bond acceptors (Lipinski definition) is 8. The first-order chi connectivity index (χ1) is 14.3. The van der Waals surface area contributed by atoms with E-state index in [9.17, 15) is 4.79 Å². The first kappa shape index (κ1) is 19.0. The first-order valence-corrected chi connectivity index (χ1v) is 12.4. The molecular formula is C19H20N6OS3. The van der Waals surface area contributed by atoms with Crippen molar-refractivity contribution in [2.75, 3.05) is 5.75 Å². The number of hydrazone groups is 1. The van der Waals surface area contributed by atoms with Crippen molar-refractivity contribution in [1.29, 1.82) is 0 Å². The van der Waals surface area contributed by atoms with Crippen LogP contribution in [0.25, 0.3) is 0 Å². The lowest BCUT2D eigenvalue weighted by Crippen LogP contribution is -2.28. The molecule has 3 aromatic rings. The SMILES string of the molecule is O=C(CSc1nnnn1C1CCCC1)N1N=C(c2cccs2)C[C@@H]1c1cccs1. The van der Waals surface area contributed by atoms with Crippen LogP contribution in [0.2, 0.25) is 0 Å². The normalized spacial score (nSPS) is 19.8. The smallest absolute Gasteiger partial charge is 0.253 e. The van der Waals surface area contributed by atoms with E-state index in [1.54, 1.807) is 27.7 Å². The van der Waals surface area contributed by atoms with Crippen molar-refractivity contribution >= 4 is 46.1 Å². The van der Waals surface area contributed by atoms with E-state index in [1.165, 1.54) is 24.6 Å². The maximum Gasteiger partial charge on any atom is 0.253 e. The number of rotatable bonds is 6. The Morgan fingerprint density at radius 2 is 2.00 bits per heavy atom. The molecule has 0 aromatic carbocycles. The lowest BCUT2D eigenvalue weighted by atomic mass is 10.1. The zero-order valence-corrected chi connectivity index (χ0v) is 18.1. The molecule has 0 radical (unpaired) electrons. The van der Waals surface area contributed by atoms with Gasteiger partial charge < -0.3 is 0 Å². The third kappa shape index (κ3) is 3.88. The molecule has 0 saturated heterocycles. The molecule has 1 aliphatic heterocycles. The van der Waals surface area contributed by atoms with Crippen molar-refractivity contribution < 1.29 is 4.79 Å². The van der Waals surface area contributed by atoms with Gasteiger partial charge in [-0.1, -0.05) is 36.7 Å². The zero-order valence-electron chi connectivity index (χ0n) is 15.7. The molecule has 0 spiro atoms. The molecule has 0 bridgehead atoms. The second-order valence-corrected chi connectivity index (χ2v) is 10.0. The van der Waals surface area contributed by atoms with Crippen LogP contribution in [0, 0.1) is 0 Å². The lowest BCUT2D eigenvalue weighted by Gasteiger charge is -2.20. The Morgan fingerprint density at radius 3 is 2.76 bits per heavy atom. The number of amides is 1. The number of carbonyl (C=O) groups is 1. The molecule has 29 heavy (non-hydrogen) atoms. The van der Waals surface area contributed by atoms with Crippen molar-refractivity contribution in [2.45, 2.75) is 49.3 Å². The number of hydrogen-bond donors (Lipinski definition) is 0. The fourth-order valence-corrected chi connectivity index (χ4v) is 6.21. The summed E-state index contributed by atoms with van der Waals surface area (Å²) in [6.45, 7) is 0. The number of aromatic nitrogens is 4. The summed E-state index contributed by atoms with van der Waals surface area (Å²) in [5.41, 5.74) is 0.979. The second-order valence-electron chi connectivity index (χ2n) is 7.13. The van der Waals surface area contributed by atoms with Gasteiger partial charge in [0.05, 0.1) is 28.4 Å². The van der Waals surface area contributed by atoms with Gasteiger partial charge in [0.2, 0.25) is 5.16 Å². The standard InChI is InChI=1S/C19H20N6OS3/c26-18(12-29-19-20-22-23-24(19)13-5-1-2-6-13)25-15(17-8-4-10-28-17)11-14(21-25)16-7-3-9-27-16/h3-4,7-10,13,15H,1-2,5-6,11-12H2/t15-/m1/s1. The Morgan fingerprint density at radius 1 is 1.17 bits per heavy atom. The highest BCUT2D eigenvalue weighted by Gasteiger charge is 2.34. The molecule has 2 aliphatic rings. The van der Waals surface area contributed by atoms with Crippen LogP contribution < -0.4 is 0 Å². The van der Waals surface area contributed by atoms with Gasteiger partial charge in [-0.2, -0.15) is 5.10 Å². The number of thioether (sulfide) groups is 1. The number of thiophene rings is 2. The summed E-state index contributed by atoms with van der Waals surface area (Å²) < 4.78 is 1.89. The van der Waals surface area contributed by atoms with Crippen LogP contribution in [0.5, 0.6) is 0 Å². The zero-order chi connectivity index (χ0) is 19.6. The lowest BCUT2D eigenvalue weighted by molar-refractivity contribution is -0.130. The van der Waals surface area contributed by atoms with Gasteiger partial charge in [-0.15, -0.1) is 27.8 Å². The van der Waals surface area contributed by atoms with Gasteiger partial charge in [0.1, 0.15) is 0 Å². The molecule has 0 N–H and O–H groups in total. The maximum absolute atomic E-state index is 13.1. The first-order valence-electron chi connectivity index (χ1n) is 9.67. The van der Waals surface area contributed by atoms with Crippen LogP contribution in [0.15, 0.2) is 45.3 Å². The molecule has 3 aromatic heterocycles. The van der Waals surface area contributed by atoms with Crippen LogP contribution in [-0.2, 0) is 4.79 Å². The molecule has 10 heteroatoms. The highest BCUT2D eigenvalue weighted by atomic mass is 32.2. The molecule has 1 aliphatic carbocycles. The van der Waals surface area contributed by atoms with Crippen molar-refractivity contribution in [3.05, 3.63) is 44.8 Å². The molecule has 4 heterocycles. The topological polar surface area (TPSA) is 76.3 Å². The van der Waals surface area contributed by atoms with Gasteiger partial charge in [0.15, 0.2) is 0 Å². The third-order valence-corrected chi connectivity index (χ3v) is 8.11. The fraction of sp³-hybridized carbons (Fsp3) is 0.421. The van der Waals surface area contributed by atoms with Crippen LogP contribution in [-0.4, -0.2) is 42.6 Å². The summed E-state index contributed by atoms with van der Waals surface area (Å²) >= 11 is 4.73. The molecular weight excluding hydrogens is 424 g/mol. The van der Waals surface area contributed by atoms with Gasteiger partial charge in [0.25, 0.3) is 5.91 Å². The van der Waals surface area contributed by atoms with Crippen LogP contribution in [0.4, 0.5) is 0 Å². The molecule has 0 unspecified atom stereocenters. The van der Waals surface area contributed by atoms with Crippen molar-refractivity contribution in [1.82, 2.24) is 25.2 Å². The van der Waals surface area contributed by atoms with Crippen LogP contribution in [0.3, 0.4) is 0 Å². The average molecular weight is 445 g/mol. The summed E-state index contributed by atoms with van der Waals surface area (Å²) in [4.78, 5) is 15.4. The minimum Gasteiger partial charge on any atom is -0.272 e. The Kier molecular flexibility index (Phi) is 5.47. The molecule has 5 rings (SSSR count). The van der Waals surface area contributed by atoms with E-state index >= 15 is 0 Å². The highest BCUT2D eigenvalue weighted by Crippen LogP contribution is 2.37. The van der Waals surface area contributed by atoms with E-state index in [0.29, 0.717) is 6.04 Å². The van der Waals surface area contributed by atoms with E-state index in [4.69, 9.17) is 5.10 Å². The fourth-order valence-electron chi connectivity index (χ4n) is 3.89. The second kappa shape index (κ2) is 8.37. The van der Waals surface area contributed by atoms with Gasteiger partial charge in [0, 0.05) is 11.3 Å². The summed E-state index contributed by atoms with van der Waals surface area (Å²) in [6.07, 6.45) is 5.38. The minimum absolute atomic E-state index is 0.0130. The number of carbonyl (C=O) groups excluding carboxylic acids is 1. The van der Waals surface area contributed by atoms with Crippen LogP contribution in [0.1, 0.15) is 53.9 Å². The summed E-state index contributed by atoms with van der Waals surface area (Å²) in [5, 5.41) is 23.3. The molecule has 7 nitrogen and oxygen atoms in total. The van der Waals surface area contributed by atoms with Gasteiger partial charge >= 0.3 is 0 Å². The predicted octanol–water partition coefficient (Wildman–Crippen LogP) is 4.38. The van der Waals surface area contributed by atoms with E-state index in [-0.39, 0.29) is 17.7 Å². The molecule has 1 amide bonds. The maximum atomic E-state index is 13.1. The Bertz CT molecular complexity index is 991. The number of nitrogens with zero attached hydrogens (tertiary/aromatic N) is 6. The van der Waals surface area contributed by atoms with Gasteiger partial charge in [-0.05, 0) is 46.2 Å². The molecule has 1 atom stereocenters. The average Bonchev–Trinajstić information content (AvgIpc) is 3.56. The van der Waals surface area contributed by atoms with Crippen molar-refractivity contribution in [2.24, 2.45) is 5.10 Å². The summed E-state index contributed by atoms with van der Waals surface area (Å²) in [6, 6.07) is 8.51. The van der Waals surface area contributed by atoms with E-state index in [2.05, 4.69) is 27.7 Å². The quantitative estimate of drug-likeness (QED) is 0.527. The minimum atomic E-state index is -0.0361. The predicted molar refractivity (Wildman–Crippen MR) is 115 cm³/mol. The van der Waals surface area contributed by atoms with Crippen LogP contribution >= 0.6 is 34.4 Å².